The summed E-state index contributed by atoms with van der Waals surface area (Å²) < 4.78 is 1.62. The van der Waals surface area contributed by atoms with Gasteiger partial charge in [0, 0.05) is 12.6 Å². The molecule has 0 saturated heterocycles. The first-order chi connectivity index (χ1) is 13.9. The SMILES string of the molecule is CC(C)Cn1c(SCC(=O)NC(=O)NC2CCCCC2)nc2ccccc2c1=O. The topological polar surface area (TPSA) is 93.1 Å². The van der Waals surface area contributed by atoms with Crippen LogP contribution in [0.2, 0.25) is 0 Å². The van der Waals surface area contributed by atoms with E-state index in [4.69, 9.17) is 0 Å². The third kappa shape index (κ3) is 5.82. The molecule has 2 aromatic rings. The number of nitrogens with one attached hydrogen (secondary N) is 2. The molecule has 1 aromatic heterocycles. The molecule has 1 heterocycles. The van der Waals surface area contributed by atoms with Crippen LogP contribution in [0.5, 0.6) is 0 Å². The number of carbonyl (C=O) groups is 2. The highest BCUT2D eigenvalue weighted by Crippen LogP contribution is 2.19. The number of carbonyl (C=O) groups excluding carboxylic acids is 2. The third-order valence-electron chi connectivity index (χ3n) is 4.90. The van der Waals surface area contributed by atoms with Gasteiger partial charge in [-0.2, -0.15) is 0 Å². The summed E-state index contributed by atoms with van der Waals surface area (Å²) in [4.78, 5) is 41.7. The zero-order valence-electron chi connectivity index (χ0n) is 16.9. The first kappa shape index (κ1) is 21.4. The number of hydrogen-bond acceptors (Lipinski definition) is 5. The van der Waals surface area contributed by atoms with Gasteiger partial charge in [0.25, 0.3) is 5.56 Å². The average Bonchev–Trinajstić information content (AvgIpc) is 2.69. The molecule has 0 bridgehead atoms. The largest absolute Gasteiger partial charge is 0.335 e. The predicted octanol–water partition coefficient (Wildman–Crippen LogP) is 3.30. The van der Waals surface area contributed by atoms with Crippen LogP contribution in [-0.2, 0) is 11.3 Å². The lowest BCUT2D eigenvalue weighted by Crippen LogP contribution is -2.45. The van der Waals surface area contributed by atoms with Crippen LogP contribution in [0, 0.1) is 5.92 Å². The van der Waals surface area contributed by atoms with Crippen molar-refractivity contribution in [1.82, 2.24) is 20.2 Å². The van der Waals surface area contributed by atoms with Crippen LogP contribution in [0.1, 0.15) is 46.0 Å². The van der Waals surface area contributed by atoms with Crippen LogP contribution in [0.4, 0.5) is 4.79 Å². The van der Waals surface area contributed by atoms with Crippen LogP contribution in [-0.4, -0.2) is 33.3 Å². The van der Waals surface area contributed by atoms with Gasteiger partial charge in [0.15, 0.2) is 5.16 Å². The summed E-state index contributed by atoms with van der Waals surface area (Å²) in [5, 5.41) is 6.31. The van der Waals surface area contributed by atoms with Crippen molar-refractivity contribution in [2.24, 2.45) is 5.92 Å². The molecule has 1 aliphatic rings. The van der Waals surface area contributed by atoms with E-state index in [2.05, 4.69) is 15.6 Å². The fraction of sp³-hybridized carbons (Fsp3) is 0.524. The van der Waals surface area contributed by atoms with E-state index >= 15 is 0 Å². The Hall–Kier alpha value is -2.35. The molecule has 7 nitrogen and oxygen atoms in total. The molecule has 3 amide bonds. The molecule has 1 aromatic carbocycles. The Labute approximate surface area is 174 Å². The molecule has 1 fully saturated rings. The summed E-state index contributed by atoms with van der Waals surface area (Å²) in [5.41, 5.74) is 0.498. The highest BCUT2D eigenvalue weighted by molar-refractivity contribution is 7.99. The zero-order valence-corrected chi connectivity index (χ0v) is 17.8. The number of fused-ring (bicyclic) bond motifs is 1. The Balaban J connectivity index is 1.66. The van der Waals surface area contributed by atoms with Gasteiger partial charge in [-0.25, -0.2) is 9.78 Å². The third-order valence-corrected chi connectivity index (χ3v) is 5.88. The van der Waals surface area contributed by atoms with Crippen LogP contribution in [0.3, 0.4) is 0 Å². The maximum atomic E-state index is 12.9. The molecule has 1 aliphatic carbocycles. The number of benzene rings is 1. The zero-order chi connectivity index (χ0) is 20.8. The minimum atomic E-state index is -0.450. The van der Waals surface area contributed by atoms with Crippen molar-refractivity contribution < 1.29 is 9.59 Å². The molecule has 3 rings (SSSR count). The first-order valence-corrected chi connectivity index (χ1v) is 11.2. The number of thioether (sulfide) groups is 1. The van der Waals surface area contributed by atoms with Gasteiger partial charge in [0.1, 0.15) is 0 Å². The van der Waals surface area contributed by atoms with Crippen LogP contribution >= 0.6 is 11.8 Å². The van der Waals surface area contributed by atoms with E-state index in [-0.39, 0.29) is 23.3 Å². The Bertz CT molecular complexity index is 935. The number of nitrogens with zero attached hydrogens (tertiary/aromatic N) is 2. The number of amides is 3. The smallest absolute Gasteiger partial charge is 0.321 e. The van der Waals surface area contributed by atoms with Gasteiger partial charge in [-0.15, -0.1) is 0 Å². The molecular formula is C21H28N4O3S. The number of rotatable bonds is 6. The second kappa shape index (κ2) is 9.91. The first-order valence-electron chi connectivity index (χ1n) is 10.2. The van der Waals surface area contributed by atoms with Crippen molar-refractivity contribution in [3.8, 4) is 0 Å². The Kier molecular flexibility index (Phi) is 7.30. The number of hydrogen-bond donors (Lipinski definition) is 2. The van der Waals surface area contributed by atoms with E-state index < -0.39 is 11.9 Å². The molecule has 29 heavy (non-hydrogen) atoms. The Morgan fingerprint density at radius 2 is 1.93 bits per heavy atom. The monoisotopic (exact) mass is 416 g/mol. The molecule has 1 saturated carbocycles. The van der Waals surface area contributed by atoms with E-state index in [1.165, 1.54) is 18.2 Å². The van der Waals surface area contributed by atoms with Crippen LogP contribution in [0.15, 0.2) is 34.2 Å². The summed E-state index contributed by atoms with van der Waals surface area (Å²) in [6, 6.07) is 6.89. The molecular weight excluding hydrogens is 388 g/mol. The Morgan fingerprint density at radius 3 is 2.66 bits per heavy atom. The summed E-state index contributed by atoms with van der Waals surface area (Å²) in [5.74, 6) is -0.132. The fourth-order valence-corrected chi connectivity index (χ4v) is 4.35. The van der Waals surface area contributed by atoms with Gasteiger partial charge < -0.3 is 5.32 Å². The normalized spacial score (nSPS) is 14.9. The maximum absolute atomic E-state index is 12.9. The average molecular weight is 417 g/mol. The predicted molar refractivity (Wildman–Crippen MR) is 115 cm³/mol. The maximum Gasteiger partial charge on any atom is 0.321 e. The number of imide groups is 1. The van der Waals surface area contributed by atoms with E-state index in [0.29, 0.717) is 22.6 Å². The second-order valence-electron chi connectivity index (χ2n) is 7.87. The van der Waals surface area contributed by atoms with Crippen molar-refractivity contribution in [3.05, 3.63) is 34.6 Å². The molecule has 0 aliphatic heterocycles. The van der Waals surface area contributed by atoms with Crippen LogP contribution < -0.4 is 16.2 Å². The quantitative estimate of drug-likeness (QED) is 0.557. The van der Waals surface area contributed by atoms with Crippen molar-refractivity contribution >= 4 is 34.6 Å². The summed E-state index contributed by atoms with van der Waals surface area (Å²) in [6.07, 6.45) is 5.33. The van der Waals surface area contributed by atoms with Gasteiger partial charge in [-0.1, -0.05) is 57.0 Å². The van der Waals surface area contributed by atoms with Crippen molar-refractivity contribution in [1.29, 1.82) is 0 Å². The minimum Gasteiger partial charge on any atom is -0.335 e. The number of aromatic nitrogens is 2. The molecule has 0 radical (unpaired) electrons. The molecule has 156 valence electrons. The second-order valence-corrected chi connectivity index (χ2v) is 8.81. The number of urea groups is 1. The lowest BCUT2D eigenvalue weighted by Gasteiger charge is -2.22. The summed E-state index contributed by atoms with van der Waals surface area (Å²) >= 11 is 1.17. The van der Waals surface area contributed by atoms with Gasteiger partial charge in [-0.05, 0) is 30.9 Å². The van der Waals surface area contributed by atoms with E-state index in [1.54, 1.807) is 16.7 Å². The van der Waals surface area contributed by atoms with Crippen molar-refractivity contribution in [2.75, 3.05) is 5.75 Å². The standard InChI is InChI=1S/C21H28N4O3S/c1-14(2)12-25-19(27)16-10-6-7-11-17(16)23-21(25)29-13-18(26)24-20(28)22-15-8-4-3-5-9-15/h6-7,10-11,14-15H,3-5,8-9,12-13H2,1-2H3,(H2,22,24,26,28). The lowest BCUT2D eigenvalue weighted by atomic mass is 9.96. The fourth-order valence-electron chi connectivity index (χ4n) is 3.55. The van der Waals surface area contributed by atoms with Gasteiger partial charge >= 0.3 is 6.03 Å². The highest BCUT2D eigenvalue weighted by Gasteiger charge is 2.18. The molecule has 2 N–H and O–H groups in total. The lowest BCUT2D eigenvalue weighted by molar-refractivity contribution is -0.117. The van der Waals surface area contributed by atoms with E-state index in [0.717, 1.165) is 25.7 Å². The molecule has 0 spiro atoms. The number of para-hydroxylation sites is 1. The van der Waals surface area contributed by atoms with Gasteiger partial charge in [0.2, 0.25) is 5.91 Å². The van der Waals surface area contributed by atoms with Crippen LogP contribution in [0.25, 0.3) is 10.9 Å². The highest BCUT2D eigenvalue weighted by atomic mass is 32.2. The van der Waals surface area contributed by atoms with Gasteiger partial charge in [-0.3, -0.25) is 19.5 Å². The molecule has 0 atom stereocenters. The van der Waals surface area contributed by atoms with E-state index in [9.17, 15) is 14.4 Å². The van der Waals surface area contributed by atoms with Crippen molar-refractivity contribution in [3.63, 3.8) is 0 Å². The molecule has 0 unspecified atom stereocenters. The summed E-state index contributed by atoms with van der Waals surface area (Å²) in [6.45, 7) is 4.57. The Morgan fingerprint density at radius 1 is 1.21 bits per heavy atom. The van der Waals surface area contributed by atoms with Gasteiger partial charge in [0.05, 0.1) is 16.7 Å². The minimum absolute atomic E-state index is 0.0148. The van der Waals surface area contributed by atoms with E-state index in [1.807, 2.05) is 26.0 Å². The molecule has 8 heteroatoms. The van der Waals surface area contributed by atoms with Crippen molar-refractivity contribution in [2.45, 2.75) is 63.7 Å². The summed E-state index contributed by atoms with van der Waals surface area (Å²) in [7, 11) is 0.